The zero-order valence-electron chi connectivity index (χ0n) is 21.8. The molecule has 0 radical (unpaired) electrons. The third-order valence-corrected chi connectivity index (χ3v) is 6.93. The normalized spacial score (nSPS) is 18.4. The van der Waals surface area contributed by atoms with Crippen LogP contribution in [-0.4, -0.2) is 57.8 Å². The highest BCUT2D eigenvalue weighted by Crippen LogP contribution is 2.39. The molecule has 2 heterocycles. The van der Waals surface area contributed by atoms with Crippen molar-refractivity contribution in [3.05, 3.63) is 78.1 Å². The largest absolute Gasteiger partial charge is 0.475 e. The Bertz CT molecular complexity index is 1310. The molecule has 4 rings (SSSR count). The van der Waals surface area contributed by atoms with Gasteiger partial charge in [0.05, 0.1) is 18.2 Å². The maximum Gasteiger partial charge on any atom is 0.475 e. The lowest BCUT2D eigenvalue weighted by Gasteiger charge is -2.33. The van der Waals surface area contributed by atoms with Crippen molar-refractivity contribution in [1.82, 2.24) is 15.6 Å². The van der Waals surface area contributed by atoms with E-state index in [1.165, 1.54) is 0 Å². The SMILES string of the molecule is CC(C)CC(NC(=O)C1(C(C)c2ccccc2)CC(CNC(=O)c2nccc3ccccc23)=NO1)B(O)O. The Balaban J connectivity index is 1.53. The molecule has 1 aromatic heterocycles. The molecular formula is C28H33BN4O5. The molecule has 9 nitrogen and oxygen atoms in total. The van der Waals surface area contributed by atoms with Crippen LogP contribution >= 0.6 is 0 Å². The topological polar surface area (TPSA) is 133 Å². The first-order chi connectivity index (χ1) is 18.2. The van der Waals surface area contributed by atoms with Crippen molar-refractivity contribution in [2.75, 3.05) is 6.54 Å². The predicted molar refractivity (Wildman–Crippen MR) is 146 cm³/mol. The van der Waals surface area contributed by atoms with Crippen molar-refractivity contribution in [1.29, 1.82) is 0 Å². The molecule has 0 aliphatic carbocycles. The molecule has 4 N–H and O–H groups in total. The number of rotatable bonds is 10. The summed E-state index contributed by atoms with van der Waals surface area (Å²) in [4.78, 5) is 36.8. The summed E-state index contributed by atoms with van der Waals surface area (Å²) in [6, 6.07) is 18.8. The number of pyridine rings is 1. The van der Waals surface area contributed by atoms with Crippen LogP contribution in [0, 0.1) is 5.92 Å². The van der Waals surface area contributed by atoms with Gasteiger partial charge < -0.3 is 25.5 Å². The van der Waals surface area contributed by atoms with Crippen LogP contribution in [-0.2, 0) is 9.63 Å². The first-order valence-electron chi connectivity index (χ1n) is 12.8. The first kappa shape index (κ1) is 27.3. The van der Waals surface area contributed by atoms with Gasteiger partial charge in [0.15, 0.2) is 0 Å². The summed E-state index contributed by atoms with van der Waals surface area (Å²) in [6.07, 6.45) is 2.09. The Morgan fingerprint density at radius 2 is 1.76 bits per heavy atom. The zero-order chi connectivity index (χ0) is 27.3. The van der Waals surface area contributed by atoms with Gasteiger partial charge in [-0.25, -0.2) is 0 Å². The van der Waals surface area contributed by atoms with Crippen molar-refractivity contribution >= 4 is 35.4 Å². The molecular weight excluding hydrogens is 483 g/mol. The van der Waals surface area contributed by atoms with Gasteiger partial charge in [-0.15, -0.1) is 0 Å². The first-order valence-corrected chi connectivity index (χ1v) is 12.8. The minimum atomic E-state index is -1.72. The number of hydrogen-bond donors (Lipinski definition) is 4. The van der Waals surface area contributed by atoms with E-state index in [0.29, 0.717) is 17.8 Å². The van der Waals surface area contributed by atoms with Crippen molar-refractivity contribution in [3.8, 4) is 0 Å². The van der Waals surface area contributed by atoms with E-state index in [0.717, 1.165) is 16.3 Å². The van der Waals surface area contributed by atoms with Crippen molar-refractivity contribution in [2.45, 2.75) is 51.1 Å². The maximum absolute atomic E-state index is 13.7. The van der Waals surface area contributed by atoms with Crippen LogP contribution < -0.4 is 10.6 Å². The lowest BCUT2D eigenvalue weighted by atomic mass is 9.73. The van der Waals surface area contributed by atoms with Crippen molar-refractivity contribution < 1.29 is 24.5 Å². The second-order valence-corrected chi connectivity index (χ2v) is 10.1. The van der Waals surface area contributed by atoms with Gasteiger partial charge in [-0.3, -0.25) is 14.6 Å². The maximum atomic E-state index is 13.7. The molecule has 38 heavy (non-hydrogen) atoms. The van der Waals surface area contributed by atoms with E-state index in [2.05, 4.69) is 20.8 Å². The molecule has 0 bridgehead atoms. The standard InChI is InChI=1S/C28H33BN4O5/c1-18(2)15-24(29(36)37)32-27(35)28(19(3)20-9-5-4-6-10-20)16-22(33-38-28)17-31-26(34)25-23-12-8-7-11-21(23)13-14-30-25/h4-14,18-19,24,36-37H,15-17H2,1-3H3,(H,31,34)(H,32,35). The fourth-order valence-electron chi connectivity index (χ4n) is 4.79. The molecule has 3 aromatic rings. The van der Waals surface area contributed by atoms with Crippen LogP contribution in [0.2, 0.25) is 0 Å². The van der Waals surface area contributed by atoms with Crippen LogP contribution in [0.25, 0.3) is 10.8 Å². The van der Waals surface area contributed by atoms with Gasteiger partial charge in [0.2, 0.25) is 5.60 Å². The summed E-state index contributed by atoms with van der Waals surface area (Å²) in [7, 11) is -1.72. The lowest BCUT2D eigenvalue weighted by Crippen LogP contribution is -2.57. The highest BCUT2D eigenvalue weighted by atomic mass is 16.7. The Labute approximate surface area is 222 Å². The Kier molecular flexibility index (Phi) is 8.43. The highest BCUT2D eigenvalue weighted by molar-refractivity contribution is 6.43. The van der Waals surface area contributed by atoms with Gasteiger partial charge in [-0.1, -0.05) is 80.5 Å². The number of fused-ring (bicyclic) bond motifs is 1. The van der Waals surface area contributed by atoms with Gasteiger partial charge in [-0.2, -0.15) is 0 Å². The van der Waals surface area contributed by atoms with E-state index >= 15 is 0 Å². The van der Waals surface area contributed by atoms with Gasteiger partial charge in [0.25, 0.3) is 11.8 Å². The van der Waals surface area contributed by atoms with E-state index in [4.69, 9.17) is 4.84 Å². The smallest absolute Gasteiger partial charge is 0.426 e. The number of nitrogens with one attached hydrogen (secondary N) is 2. The second kappa shape index (κ2) is 11.7. The Morgan fingerprint density at radius 1 is 1.05 bits per heavy atom. The number of amides is 2. The minimum Gasteiger partial charge on any atom is -0.426 e. The molecule has 198 valence electrons. The second-order valence-electron chi connectivity index (χ2n) is 10.1. The summed E-state index contributed by atoms with van der Waals surface area (Å²) in [6.45, 7) is 5.81. The number of nitrogens with zero attached hydrogens (tertiary/aromatic N) is 2. The summed E-state index contributed by atoms with van der Waals surface area (Å²) < 4.78 is 0. The van der Waals surface area contributed by atoms with E-state index < -0.39 is 30.5 Å². The molecule has 0 saturated heterocycles. The Hall–Kier alpha value is -3.76. The van der Waals surface area contributed by atoms with E-state index in [-0.39, 0.29) is 24.8 Å². The van der Waals surface area contributed by atoms with Crippen LogP contribution in [0.15, 0.2) is 72.0 Å². The van der Waals surface area contributed by atoms with E-state index in [1.807, 2.05) is 81.4 Å². The van der Waals surface area contributed by atoms with Gasteiger partial charge in [0, 0.05) is 23.9 Å². The number of aromatic nitrogens is 1. The molecule has 0 fully saturated rings. The summed E-state index contributed by atoms with van der Waals surface area (Å²) in [5.74, 6) is -2.02. The third kappa shape index (κ3) is 5.87. The zero-order valence-corrected chi connectivity index (χ0v) is 21.8. The fraction of sp³-hybridized carbons (Fsp3) is 0.357. The van der Waals surface area contributed by atoms with Crippen LogP contribution in [0.1, 0.15) is 55.6 Å². The van der Waals surface area contributed by atoms with Crippen molar-refractivity contribution in [2.24, 2.45) is 11.1 Å². The quantitative estimate of drug-likeness (QED) is 0.307. The molecule has 1 aliphatic heterocycles. The lowest BCUT2D eigenvalue weighted by molar-refractivity contribution is -0.147. The minimum absolute atomic E-state index is 0.0678. The summed E-state index contributed by atoms with van der Waals surface area (Å²) in [5.41, 5.74) is 0.232. The summed E-state index contributed by atoms with van der Waals surface area (Å²) in [5, 5.41) is 31.2. The van der Waals surface area contributed by atoms with Gasteiger partial charge >= 0.3 is 7.12 Å². The average Bonchev–Trinajstić information content (AvgIpc) is 3.36. The predicted octanol–water partition coefficient (Wildman–Crippen LogP) is 2.83. The van der Waals surface area contributed by atoms with E-state index in [9.17, 15) is 19.6 Å². The molecule has 0 spiro atoms. The Morgan fingerprint density at radius 3 is 2.47 bits per heavy atom. The molecule has 3 unspecified atom stereocenters. The molecule has 3 atom stereocenters. The van der Waals surface area contributed by atoms with Crippen LogP contribution in [0.5, 0.6) is 0 Å². The van der Waals surface area contributed by atoms with Crippen LogP contribution in [0.4, 0.5) is 0 Å². The van der Waals surface area contributed by atoms with E-state index in [1.54, 1.807) is 6.20 Å². The number of hydrogen-bond acceptors (Lipinski definition) is 7. The van der Waals surface area contributed by atoms with Gasteiger partial charge in [0.1, 0.15) is 5.69 Å². The summed E-state index contributed by atoms with van der Waals surface area (Å²) >= 11 is 0. The van der Waals surface area contributed by atoms with Crippen molar-refractivity contribution in [3.63, 3.8) is 0 Å². The monoisotopic (exact) mass is 516 g/mol. The number of oxime groups is 1. The molecule has 10 heteroatoms. The van der Waals surface area contributed by atoms with Crippen LogP contribution in [0.3, 0.4) is 0 Å². The molecule has 1 aliphatic rings. The highest BCUT2D eigenvalue weighted by Gasteiger charge is 2.52. The number of carbonyl (C=O) groups is 2. The average molecular weight is 516 g/mol. The molecule has 2 amide bonds. The molecule has 2 aromatic carbocycles. The third-order valence-electron chi connectivity index (χ3n) is 6.93. The van der Waals surface area contributed by atoms with Gasteiger partial charge in [-0.05, 0) is 29.4 Å². The number of carbonyl (C=O) groups excluding carboxylic acids is 2. The fourth-order valence-corrected chi connectivity index (χ4v) is 4.79. The molecule has 0 saturated carbocycles. The number of benzene rings is 2.